The van der Waals surface area contributed by atoms with Crippen LogP contribution < -0.4 is 39.4 Å². The third-order valence-electron chi connectivity index (χ3n) is 9.81. The summed E-state index contributed by atoms with van der Waals surface area (Å²) in [7, 11) is -5.31. The number of hydrogen-bond acceptors (Lipinski definition) is 12. The molecule has 0 bridgehead atoms. The summed E-state index contributed by atoms with van der Waals surface area (Å²) in [4.78, 5) is 12.6. The largest absolute Gasteiger partial charge is 0.479 e. The maximum atomic E-state index is 12.8. The van der Waals surface area contributed by atoms with E-state index in [1.807, 2.05) is 0 Å². The van der Waals surface area contributed by atoms with Gasteiger partial charge < -0.3 is 29.9 Å². The van der Waals surface area contributed by atoms with Crippen LogP contribution in [-0.4, -0.2) is 106 Å². The molecule has 14 nitrogen and oxygen atoms in total. The summed E-state index contributed by atoms with van der Waals surface area (Å²) < 4.78 is 143. The Balaban J connectivity index is 0.000000228. The number of hydrogen-bond donors (Lipinski definition) is 4. The van der Waals surface area contributed by atoms with Crippen LogP contribution in [0.15, 0.2) is 82.6 Å². The maximum Gasteiger partial charge on any atom is 0.395 e. The Hall–Kier alpha value is -5.06. The van der Waals surface area contributed by atoms with E-state index in [1.54, 1.807) is 24.3 Å². The molecule has 6 rings (SSSR count). The van der Waals surface area contributed by atoms with E-state index in [0.717, 1.165) is 115 Å². The van der Waals surface area contributed by atoms with Crippen molar-refractivity contribution in [2.75, 3.05) is 85.8 Å². The average Bonchev–Trinajstić information content (AvgIpc) is 3.23. The number of nitrogens with one attached hydrogen (secondary N) is 4. The number of halogens is 6. The molecule has 0 saturated carbocycles. The topological polar surface area (TPSA) is 167 Å². The first kappa shape index (κ1) is 46.0. The van der Waals surface area contributed by atoms with E-state index >= 15 is 0 Å². The second-order valence-electron chi connectivity index (χ2n) is 13.8. The van der Waals surface area contributed by atoms with E-state index in [0.29, 0.717) is 11.6 Å². The van der Waals surface area contributed by atoms with Gasteiger partial charge in [0.25, 0.3) is 20.0 Å². The first-order valence-electron chi connectivity index (χ1n) is 18.6. The van der Waals surface area contributed by atoms with Crippen molar-refractivity contribution < 1.29 is 52.7 Å². The van der Waals surface area contributed by atoms with Crippen molar-refractivity contribution in [2.24, 2.45) is 0 Å². The summed E-state index contributed by atoms with van der Waals surface area (Å²) in [6.07, 6.45) is -8.80. The van der Waals surface area contributed by atoms with E-state index in [2.05, 4.69) is 39.8 Å². The highest BCUT2D eigenvalue weighted by molar-refractivity contribution is 7.93. The molecule has 2 aromatic heterocycles. The number of nitrogens with zero attached hydrogens (tertiary/aromatic N) is 4. The fourth-order valence-electron chi connectivity index (χ4n) is 6.12. The molecule has 2 fully saturated rings. The molecule has 2 atom stereocenters. The van der Waals surface area contributed by atoms with Crippen LogP contribution in [0, 0.1) is 0 Å². The van der Waals surface area contributed by atoms with Gasteiger partial charge in [-0.25, -0.2) is 16.8 Å². The standard InChI is InChI=1S/2C19H23F3N4O3S/c2*1-13(19(20,21)22)14-3-5-15(6-4-14)30(27,28)25-16-7-8-17(24-18(16)29-2)26-11-9-23-10-12-26/h2*3-8,13,23,25H,9-12H2,1-2H3/t13-;/m0./s1. The van der Waals surface area contributed by atoms with Crippen LogP contribution >= 0.6 is 0 Å². The zero-order valence-electron chi connectivity index (χ0n) is 33.1. The van der Waals surface area contributed by atoms with Gasteiger partial charge in [-0.1, -0.05) is 24.3 Å². The van der Waals surface area contributed by atoms with Gasteiger partial charge in [-0.3, -0.25) is 9.44 Å². The molecule has 4 aromatic rings. The number of ether oxygens (including phenoxy) is 2. The lowest BCUT2D eigenvalue weighted by atomic mass is 10.0. The second-order valence-corrected chi connectivity index (χ2v) is 17.2. The summed E-state index contributed by atoms with van der Waals surface area (Å²) in [5.74, 6) is -1.83. The number of alkyl halides is 6. The Bertz CT molecular complexity index is 2110. The number of rotatable bonds is 12. The van der Waals surface area contributed by atoms with Gasteiger partial charge in [0.05, 0.1) is 35.8 Å². The van der Waals surface area contributed by atoms with Crippen molar-refractivity contribution in [3.05, 3.63) is 83.9 Å². The molecule has 0 aliphatic carbocycles. The Kier molecular flexibility index (Phi) is 14.7. The molecule has 4 N–H and O–H groups in total. The molecule has 2 aliphatic rings. The minimum atomic E-state index is -4.40. The number of anilines is 4. The van der Waals surface area contributed by atoms with Crippen LogP contribution in [0.2, 0.25) is 0 Å². The van der Waals surface area contributed by atoms with Gasteiger partial charge >= 0.3 is 12.4 Å². The molecule has 0 amide bonds. The van der Waals surface area contributed by atoms with E-state index in [9.17, 15) is 43.2 Å². The molecule has 2 saturated heterocycles. The van der Waals surface area contributed by atoms with Crippen molar-refractivity contribution in [1.29, 1.82) is 0 Å². The maximum absolute atomic E-state index is 12.8. The number of sulfonamides is 2. The highest BCUT2D eigenvalue weighted by atomic mass is 32.2. The van der Waals surface area contributed by atoms with Crippen molar-refractivity contribution >= 4 is 43.1 Å². The summed E-state index contributed by atoms with van der Waals surface area (Å²) >= 11 is 0. The first-order chi connectivity index (χ1) is 28.2. The minimum absolute atomic E-state index is 0.0129. The third kappa shape index (κ3) is 11.6. The van der Waals surface area contributed by atoms with Gasteiger partial charge in [0.15, 0.2) is 0 Å². The zero-order chi connectivity index (χ0) is 43.9. The number of pyridine rings is 2. The van der Waals surface area contributed by atoms with E-state index in [-0.39, 0.29) is 44.1 Å². The van der Waals surface area contributed by atoms with Crippen LogP contribution in [0.4, 0.5) is 49.4 Å². The molecule has 0 radical (unpaired) electrons. The summed E-state index contributed by atoms with van der Waals surface area (Å²) in [6, 6.07) is 15.7. The normalized spacial score (nSPS) is 16.2. The number of benzene rings is 2. The summed E-state index contributed by atoms with van der Waals surface area (Å²) in [6.45, 7) is 8.41. The van der Waals surface area contributed by atoms with E-state index in [1.165, 1.54) is 14.2 Å². The Morgan fingerprint density at radius 3 is 1.17 bits per heavy atom. The van der Waals surface area contributed by atoms with Crippen molar-refractivity contribution in [3.63, 3.8) is 0 Å². The highest BCUT2D eigenvalue weighted by Gasteiger charge is 2.38. The lowest BCUT2D eigenvalue weighted by Gasteiger charge is -2.28. The number of piperazine rings is 2. The van der Waals surface area contributed by atoms with Gasteiger partial charge in [0.1, 0.15) is 23.0 Å². The molecule has 60 heavy (non-hydrogen) atoms. The van der Waals surface area contributed by atoms with E-state index in [4.69, 9.17) is 9.47 Å². The predicted molar refractivity (Wildman–Crippen MR) is 215 cm³/mol. The Labute approximate surface area is 344 Å². The molecule has 4 heterocycles. The fourth-order valence-corrected chi connectivity index (χ4v) is 8.24. The molecule has 22 heteroatoms. The van der Waals surface area contributed by atoms with Crippen LogP contribution in [-0.2, 0) is 20.0 Å². The number of aromatic nitrogens is 2. The summed E-state index contributed by atoms with van der Waals surface area (Å²) in [5, 5.41) is 6.48. The van der Waals surface area contributed by atoms with Crippen LogP contribution in [0.5, 0.6) is 11.8 Å². The van der Waals surface area contributed by atoms with Crippen molar-refractivity contribution in [2.45, 2.75) is 47.8 Å². The van der Waals surface area contributed by atoms with Crippen LogP contribution in [0.1, 0.15) is 36.8 Å². The van der Waals surface area contributed by atoms with Crippen molar-refractivity contribution in [1.82, 2.24) is 20.6 Å². The highest BCUT2D eigenvalue weighted by Crippen LogP contribution is 2.36. The SMILES string of the molecule is COc1nc(N2CCNCC2)ccc1NS(=O)(=O)c1ccc(C(C)C(F)(F)F)cc1.COc1nc(N2CCNCC2)ccc1NS(=O)(=O)c1ccc([C@H](C)C(F)(F)F)cc1. The molecule has 2 aliphatic heterocycles. The third-order valence-corrected chi connectivity index (χ3v) is 12.6. The monoisotopic (exact) mass is 888 g/mol. The van der Waals surface area contributed by atoms with Crippen LogP contribution in [0.3, 0.4) is 0 Å². The lowest BCUT2D eigenvalue weighted by Crippen LogP contribution is -2.43. The second kappa shape index (κ2) is 19.1. The molecular formula is C38H46F6N8O6S2. The summed E-state index contributed by atoms with van der Waals surface area (Å²) in [5.41, 5.74) is 0.260. The average molecular weight is 889 g/mol. The van der Waals surface area contributed by atoms with Gasteiger partial charge in [-0.2, -0.15) is 36.3 Å². The van der Waals surface area contributed by atoms with Gasteiger partial charge in [-0.15, -0.1) is 0 Å². The van der Waals surface area contributed by atoms with Crippen molar-refractivity contribution in [3.8, 4) is 11.8 Å². The smallest absolute Gasteiger partial charge is 0.395 e. The zero-order valence-corrected chi connectivity index (χ0v) is 34.7. The van der Waals surface area contributed by atoms with Gasteiger partial charge in [-0.05, 0) is 73.5 Å². The molecular weight excluding hydrogens is 843 g/mol. The molecule has 1 unspecified atom stereocenters. The first-order valence-corrected chi connectivity index (χ1v) is 21.6. The van der Waals surface area contributed by atoms with Crippen LogP contribution in [0.25, 0.3) is 0 Å². The van der Waals surface area contributed by atoms with Gasteiger partial charge in [0, 0.05) is 52.4 Å². The molecule has 0 spiro atoms. The molecule has 328 valence electrons. The van der Waals surface area contributed by atoms with Gasteiger partial charge in [0.2, 0.25) is 11.8 Å². The predicted octanol–water partition coefficient (Wildman–Crippen LogP) is 5.93. The molecule has 2 aromatic carbocycles. The fraction of sp³-hybridized carbons (Fsp3) is 0.421. The number of methoxy groups -OCH3 is 2. The Morgan fingerprint density at radius 2 is 0.883 bits per heavy atom. The minimum Gasteiger partial charge on any atom is -0.479 e. The van der Waals surface area contributed by atoms with E-state index < -0.39 is 44.2 Å². The quantitative estimate of drug-likeness (QED) is 0.124. The Morgan fingerprint density at radius 1 is 0.567 bits per heavy atom. The lowest BCUT2D eigenvalue weighted by molar-refractivity contribution is -0.147.